The average molecular weight is 968 g/mol. The zero-order chi connectivity index (χ0) is 44.8. The van der Waals surface area contributed by atoms with E-state index in [1.54, 1.807) is 0 Å². The average Bonchev–Trinajstić information content (AvgIpc) is 3.93. The summed E-state index contributed by atoms with van der Waals surface area (Å²) < 4.78 is 0. The summed E-state index contributed by atoms with van der Waals surface area (Å²) in [4.78, 5) is 0. The fourth-order valence-corrected chi connectivity index (χ4v) is 7.65. The minimum absolute atomic E-state index is 0. The number of benzene rings is 4. The van der Waals surface area contributed by atoms with Gasteiger partial charge in [0.15, 0.2) is 0 Å². The van der Waals surface area contributed by atoms with Gasteiger partial charge in [-0.3, -0.25) is 0 Å². The Balaban J connectivity index is 0.000000386. The van der Waals surface area contributed by atoms with E-state index >= 15 is 0 Å². The molecular weight excluding hydrogens is 895 g/mol. The SMILES string of the molecule is C[Si](C)=[Ti+2].C[Si](C)=[Ti+2].Cc1cc2c(C(C)C)cccc2[cH-]1.Cc1cc2c(C(C)C)cccc2[cH-]1.Cc1cc2c(C(C)C)cccc2[cH-]1.Cc1cc2c(C(C)C)cccc2[cH-]1.[Cl-].[Cl-]. The monoisotopic (exact) mass is 966 g/mol. The Labute approximate surface area is 413 Å². The van der Waals surface area contributed by atoms with Crippen LogP contribution >= 0.6 is 0 Å². The summed E-state index contributed by atoms with van der Waals surface area (Å²) in [5.41, 5.74) is 11.3. The van der Waals surface area contributed by atoms with Crippen molar-refractivity contribution in [2.24, 2.45) is 0 Å². The first-order valence-corrected chi connectivity index (χ1v) is 31.6. The molecule has 0 heterocycles. The number of hydrogen-bond donors (Lipinski definition) is 0. The number of halogens is 2. The van der Waals surface area contributed by atoms with E-state index in [0.717, 1.165) is 0 Å². The van der Waals surface area contributed by atoms with Gasteiger partial charge in [0.1, 0.15) is 0 Å². The molecule has 6 heteroatoms. The fourth-order valence-electron chi connectivity index (χ4n) is 7.65. The van der Waals surface area contributed by atoms with E-state index in [0.29, 0.717) is 23.7 Å². The summed E-state index contributed by atoms with van der Waals surface area (Å²) in [6.45, 7) is 35.7. The van der Waals surface area contributed by atoms with Crippen molar-refractivity contribution in [3.05, 3.63) is 166 Å². The van der Waals surface area contributed by atoms with Crippen LogP contribution in [-0.2, 0) is 38.3 Å². The summed E-state index contributed by atoms with van der Waals surface area (Å²) in [6.07, 6.45) is 0.241. The maximum absolute atomic E-state index is 2.28. The van der Waals surface area contributed by atoms with Crippen molar-refractivity contribution in [1.29, 1.82) is 0 Å². The molecule has 0 nitrogen and oxygen atoms in total. The number of fused-ring (bicyclic) bond motifs is 4. The van der Waals surface area contributed by atoms with Crippen LogP contribution in [0.4, 0.5) is 0 Å². The molecule has 0 aliphatic carbocycles. The first-order chi connectivity index (χ1) is 28.2. The van der Waals surface area contributed by atoms with Gasteiger partial charge in [-0.1, -0.05) is 130 Å². The van der Waals surface area contributed by atoms with Crippen molar-refractivity contribution in [2.75, 3.05) is 0 Å². The zero-order valence-corrected chi connectivity index (χ0v) is 47.2. The molecule has 8 aromatic carbocycles. The van der Waals surface area contributed by atoms with Gasteiger partial charge in [-0.2, -0.15) is 24.3 Å². The Morgan fingerprint density at radius 3 is 0.661 bits per heavy atom. The minimum atomic E-state index is 0. The van der Waals surface area contributed by atoms with Gasteiger partial charge in [-0.25, -0.2) is 0 Å². The van der Waals surface area contributed by atoms with Crippen LogP contribution in [0.3, 0.4) is 0 Å². The molecular formula is C56H72Cl2Si2Ti2-2. The molecule has 0 spiro atoms. The standard InChI is InChI=1S/4C13H15.2C2H6Si.2ClH.2Ti/c4*1-9(2)12-6-4-5-11-7-10(3)8-13(11)12;2*1-3-2;;;;/h4*4-9H,1-3H3;2*1-2H3;2*1H;;/q4*-1;;;;;2*+2/p-2. The van der Waals surface area contributed by atoms with Crippen molar-refractivity contribution in [2.45, 2.75) is 133 Å². The fraction of sp³-hybridized carbons (Fsp3) is 0.357. The third-order valence-corrected chi connectivity index (χ3v) is 10.2. The minimum Gasteiger partial charge on any atom is -1.00 e. The van der Waals surface area contributed by atoms with Crippen LogP contribution < -0.4 is 24.8 Å². The van der Waals surface area contributed by atoms with Crippen molar-refractivity contribution >= 4 is 55.5 Å². The molecule has 8 rings (SSSR count). The first kappa shape index (κ1) is 57.8. The van der Waals surface area contributed by atoms with Gasteiger partial charge in [0.2, 0.25) is 0 Å². The molecule has 0 bridgehead atoms. The number of rotatable bonds is 4. The second-order valence-corrected chi connectivity index (χ2v) is 31.5. The van der Waals surface area contributed by atoms with Gasteiger partial charge in [0.05, 0.1) is 0 Å². The molecule has 328 valence electrons. The van der Waals surface area contributed by atoms with Crippen LogP contribution in [0.15, 0.2) is 121 Å². The smallest absolute Gasteiger partial charge is 0.0308 e. The number of aryl methyl sites for hydroxylation is 4. The molecule has 62 heavy (non-hydrogen) atoms. The maximum atomic E-state index is 2.28. The van der Waals surface area contributed by atoms with Crippen LogP contribution in [0.5, 0.6) is 0 Å². The topological polar surface area (TPSA) is 0 Å². The zero-order valence-electron chi connectivity index (χ0n) is 40.6. The molecule has 0 aromatic heterocycles. The van der Waals surface area contributed by atoms with Gasteiger partial charge < -0.3 is 24.8 Å². The van der Waals surface area contributed by atoms with E-state index in [1.165, 1.54) is 87.6 Å². The molecule has 0 aliphatic heterocycles. The molecule has 0 fully saturated rings. The van der Waals surface area contributed by atoms with Crippen molar-refractivity contribution in [3.8, 4) is 0 Å². The second-order valence-electron chi connectivity index (χ2n) is 18.2. The summed E-state index contributed by atoms with van der Waals surface area (Å²) in [6, 6.07) is 44.4. The molecule has 0 aliphatic rings. The van der Waals surface area contributed by atoms with Crippen molar-refractivity contribution in [3.63, 3.8) is 0 Å². The van der Waals surface area contributed by atoms with Crippen molar-refractivity contribution in [1.82, 2.24) is 0 Å². The molecule has 0 saturated heterocycles. The predicted molar refractivity (Wildman–Crippen MR) is 268 cm³/mol. The van der Waals surface area contributed by atoms with Crippen LogP contribution in [0.1, 0.15) is 124 Å². The molecule has 0 radical (unpaired) electrons. The van der Waals surface area contributed by atoms with Crippen LogP contribution in [-0.4, -0.2) is 12.4 Å². The van der Waals surface area contributed by atoms with E-state index in [1.807, 2.05) is 0 Å². The molecule has 0 amide bonds. The number of hydrogen-bond acceptors (Lipinski definition) is 0. The first-order valence-electron chi connectivity index (χ1n) is 21.9. The predicted octanol–water partition coefficient (Wildman–Crippen LogP) is 11.5. The summed E-state index contributed by atoms with van der Waals surface area (Å²) in [7, 11) is 0. The summed E-state index contributed by atoms with van der Waals surface area (Å²) in [5.74, 6) is 2.46. The van der Waals surface area contributed by atoms with E-state index in [9.17, 15) is 0 Å². The van der Waals surface area contributed by atoms with Gasteiger partial charge in [-0.15, -0.1) is 138 Å². The quantitative estimate of drug-likeness (QED) is 0.122. The Morgan fingerprint density at radius 2 is 0.516 bits per heavy atom. The van der Waals surface area contributed by atoms with Crippen LogP contribution in [0.25, 0.3) is 43.1 Å². The molecule has 8 aromatic rings. The Bertz CT molecular complexity index is 2230. The van der Waals surface area contributed by atoms with Gasteiger partial charge in [0, 0.05) is 0 Å². The maximum Gasteiger partial charge on any atom is -0.0308 e. The van der Waals surface area contributed by atoms with E-state index < -0.39 is 0 Å². The second kappa shape index (κ2) is 27.9. The van der Waals surface area contributed by atoms with Crippen LogP contribution in [0.2, 0.25) is 26.2 Å². The van der Waals surface area contributed by atoms with E-state index in [4.69, 9.17) is 0 Å². The van der Waals surface area contributed by atoms with Gasteiger partial charge in [-0.05, 0) is 23.7 Å². The third-order valence-electron chi connectivity index (χ3n) is 10.2. The van der Waals surface area contributed by atoms with E-state index in [-0.39, 0.29) is 37.2 Å². The van der Waals surface area contributed by atoms with E-state index in [2.05, 4.69) is 269 Å². The summed E-state index contributed by atoms with van der Waals surface area (Å²) in [5, 5.41) is 11.2. The molecule has 0 N–H and O–H groups in total. The van der Waals surface area contributed by atoms with Crippen LogP contribution in [0, 0.1) is 27.7 Å². The Morgan fingerprint density at radius 1 is 0.355 bits per heavy atom. The molecule has 0 saturated carbocycles. The molecule has 0 atom stereocenters. The normalized spacial score (nSPS) is 10.5. The van der Waals surface area contributed by atoms with Gasteiger partial charge >= 0.3 is 76.9 Å². The third kappa shape index (κ3) is 18.0. The largest absolute Gasteiger partial charge is 1.00 e. The Hall–Kier alpha value is -2.24. The Kier molecular flexibility index (Phi) is 26.0. The molecule has 0 unspecified atom stereocenters. The van der Waals surface area contributed by atoms with Crippen molar-refractivity contribution < 1.29 is 63.2 Å². The van der Waals surface area contributed by atoms with Gasteiger partial charge in [0.25, 0.3) is 0 Å². The summed E-state index contributed by atoms with van der Waals surface area (Å²) >= 11 is 4.54.